The fourth-order valence-corrected chi connectivity index (χ4v) is 1.91. The predicted octanol–water partition coefficient (Wildman–Crippen LogP) is 3.69. The molecule has 0 unspecified atom stereocenters. The molecule has 0 atom stereocenters. The second kappa shape index (κ2) is 8.70. The highest BCUT2D eigenvalue weighted by atomic mass is 19.1. The van der Waals surface area contributed by atoms with E-state index in [1.54, 1.807) is 24.3 Å². The Morgan fingerprint density at radius 2 is 1.69 bits per heavy atom. The molecule has 0 aliphatic carbocycles. The van der Waals surface area contributed by atoms with Crippen LogP contribution in [-0.4, -0.2) is 24.3 Å². The molecule has 2 aromatic carbocycles. The van der Waals surface area contributed by atoms with Crippen LogP contribution in [0.4, 0.5) is 19.3 Å². The molecule has 2 aromatic rings. The largest absolute Gasteiger partial charge is 0.393 e. The molecule has 0 fully saturated rings. The number of benzene rings is 2. The van der Waals surface area contributed by atoms with Gasteiger partial charge in [0.05, 0.1) is 6.21 Å². The Balaban J connectivity index is 1.95. The van der Waals surface area contributed by atoms with Crippen molar-refractivity contribution in [3.8, 4) is 0 Å². The molecule has 136 valence electrons. The summed E-state index contributed by atoms with van der Waals surface area (Å²) < 4.78 is 27.0. The summed E-state index contributed by atoms with van der Waals surface area (Å²) in [6, 6.07) is 8.55. The van der Waals surface area contributed by atoms with E-state index in [1.807, 2.05) is 19.2 Å². The molecule has 0 bridgehead atoms. The van der Waals surface area contributed by atoms with E-state index >= 15 is 0 Å². The summed E-state index contributed by atoms with van der Waals surface area (Å²) in [5, 5.41) is 8.04. The van der Waals surface area contributed by atoms with Crippen LogP contribution in [0, 0.1) is 11.6 Å². The van der Waals surface area contributed by atoms with Gasteiger partial charge in [-0.1, -0.05) is 23.4 Å². The minimum Gasteiger partial charge on any atom is -0.393 e. The molecule has 26 heavy (non-hydrogen) atoms. The van der Waals surface area contributed by atoms with Crippen molar-refractivity contribution in [1.82, 2.24) is 5.32 Å². The maximum atomic E-state index is 13.5. The van der Waals surface area contributed by atoms with E-state index in [4.69, 9.17) is 4.84 Å². The van der Waals surface area contributed by atoms with E-state index in [1.165, 1.54) is 6.21 Å². The second-order valence-electron chi connectivity index (χ2n) is 5.52. The molecule has 0 radical (unpaired) electrons. The van der Waals surface area contributed by atoms with Crippen LogP contribution in [0.5, 0.6) is 0 Å². The number of nitrogens with zero attached hydrogens (tertiary/aromatic N) is 1. The Morgan fingerprint density at radius 1 is 1.08 bits per heavy atom. The number of nitrogens with one attached hydrogen (secondary N) is 2. The van der Waals surface area contributed by atoms with Crippen LogP contribution in [0.1, 0.15) is 29.8 Å². The Bertz CT molecular complexity index is 801. The zero-order valence-corrected chi connectivity index (χ0v) is 14.1. The van der Waals surface area contributed by atoms with Gasteiger partial charge in [-0.2, -0.15) is 0 Å². The number of carbonyl (C=O) groups is 2. The van der Waals surface area contributed by atoms with Gasteiger partial charge in [0, 0.05) is 5.69 Å². The summed E-state index contributed by atoms with van der Waals surface area (Å²) in [4.78, 5) is 28.7. The molecule has 0 saturated heterocycles. The summed E-state index contributed by atoms with van der Waals surface area (Å²) in [5.41, 5.74) is 0.298. The normalized spacial score (nSPS) is 10.8. The number of hydrogen-bond donors (Lipinski definition) is 2. The number of rotatable bonds is 5. The number of halogens is 2. The lowest BCUT2D eigenvalue weighted by molar-refractivity contribution is 0.0873. The van der Waals surface area contributed by atoms with Gasteiger partial charge in [-0.05, 0) is 43.7 Å². The number of hydrogen-bond acceptors (Lipinski definition) is 4. The monoisotopic (exact) mass is 361 g/mol. The van der Waals surface area contributed by atoms with E-state index < -0.39 is 29.1 Å². The van der Waals surface area contributed by atoms with Crippen molar-refractivity contribution in [1.29, 1.82) is 0 Å². The van der Waals surface area contributed by atoms with E-state index in [-0.39, 0.29) is 6.10 Å². The van der Waals surface area contributed by atoms with E-state index in [9.17, 15) is 18.4 Å². The number of urea groups is 1. The topological polar surface area (TPSA) is 79.8 Å². The van der Waals surface area contributed by atoms with E-state index in [2.05, 4.69) is 10.5 Å². The third-order valence-electron chi connectivity index (χ3n) is 3.06. The van der Waals surface area contributed by atoms with Gasteiger partial charge in [0.15, 0.2) is 0 Å². The van der Waals surface area contributed by atoms with Crippen molar-refractivity contribution in [3.63, 3.8) is 0 Å². The van der Waals surface area contributed by atoms with Crippen molar-refractivity contribution < 1.29 is 23.2 Å². The van der Waals surface area contributed by atoms with Crippen molar-refractivity contribution >= 4 is 23.8 Å². The molecular weight excluding hydrogens is 344 g/mol. The smallest absolute Gasteiger partial charge is 0.326 e. The van der Waals surface area contributed by atoms with Gasteiger partial charge in [0.2, 0.25) is 0 Å². The predicted molar refractivity (Wildman–Crippen MR) is 93.1 cm³/mol. The highest BCUT2D eigenvalue weighted by Crippen LogP contribution is 2.12. The number of carbonyl (C=O) groups excluding carboxylic acids is 2. The van der Waals surface area contributed by atoms with Crippen LogP contribution in [0.25, 0.3) is 0 Å². The molecule has 0 aliphatic rings. The minimum atomic E-state index is -1.17. The van der Waals surface area contributed by atoms with Crippen molar-refractivity contribution in [2.75, 3.05) is 5.32 Å². The lowest BCUT2D eigenvalue weighted by Crippen LogP contribution is -2.35. The van der Waals surface area contributed by atoms with Gasteiger partial charge in [0.25, 0.3) is 5.91 Å². The lowest BCUT2D eigenvalue weighted by atomic mass is 10.2. The molecule has 2 N–H and O–H groups in total. The zero-order chi connectivity index (χ0) is 19.1. The van der Waals surface area contributed by atoms with Crippen molar-refractivity contribution in [2.24, 2.45) is 5.16 Å². The highest BCUT2D eigenvalue weighted by Gasteiger charge is 2.19. The van der Waals surface area contributed by atoms with Crippen molar-refractivity contribution in [3.05, 3.63) is 65.2 Å². The fourth-order valence-electron chi connectivity index (χ4n) is 1.91. The molecule has 0 aliphatic heterocycles. The zero-order valence-electron chi connectivity index (χ0n) is 14.1. The maximum Gasteiger partial charge on any atom is 0.326 e. The van der Waals surface area contributed by atoms with Crippen molar-refractivity contribution in [2.45, 2.75) is 20.0 Å². The molecule has 0 spiro atoms. The minimum absolute atomic E-state index is 0.0345. The number of oxime groups is 1. The molecule has 3 amide bonds. The fraction of sp³-hybridized carbons (Fsp3) is 0.167. The summed E-state index contributed by atoms with van der Waals surface area (Å²) in [7, 11) is 0. The van der Waals surface area contributed by atoms with Gasteiger partial charge < -0.3 is 10.2 Å². The third-order valence-corrected chi connectivity index (χ3v) is 3.06. The SMILES string of the molecule is CC(C)O/N=C/c1ccc(NC(=O)NC(=O)c2c(F)cccc2F)cc1. The Labute approximate surface area is 148 Å². The molecule has 0 saturated carbocycles. The summed E-state index contributed by atoms with van der Waals surface area (Å²) >= 11 is 0. The summed E-state index contributed by atoms with van der Waals surface area (Å²) in [5.74, 6) is -3.28. The van der Waals surface area contributed by atoms with Gasteiger partial charge in [0.1, 0.15) is 23.3 Å². The van der Waals surface area contributed by atoms with Crippen LogP contribution >= 0.6 is 0 Å². The number of anilines is 1. The van der Waals surface area contributed by atoms with Crippen LogP contribution < -0.4 is 10.6 Å². The van der Waals surface area contributed by atoms with E-state index in [0.717, 1.165) is 23.8 Å². The molecule has 2 rings (SSSR count). The summed E-state index contributed by atoms with van der Waals surface area (Å²) in [6.45, 7) is 3.69. The molecule has 6 nitrogen and oxygen atoms in total. The first-order valence-electron chi connectivity index (χ1n) is 7.72. The second-order valence-corrected chi connectivity index (χ2v) is 5.52. The molecular formula is C18H17F2N3O3. The first-order chi connectivity index (χ1) is 12.4. The van der Waals surface area contributed by atoms with E-state index in [0.29, 0.717) is 5.69 Å². The quantitative estimate of drug-likeness (QED) is 0.630. The first kappa shape index (κ1) is 19.0. The third kappa shape index (κ3) is 5.37. The molecule has 0 aromatic heterocycles. The average Bonchev–Trinajstić information content (AvgIpc) is 2.56. The standard InChI is InChI=1S/C18H17F2N3O3/c1-11(2)26-21-10-12-6-8-13(9-7-12)22-18(25)23-17(24)16-14(19)4-3-5-15(16)20/h3-11H,1-2H3,(H2,22,23,24,25)/b21-10+. The number of imide groups is 1. The van der Waals surface area contributed by atoms with Gasteiger partial charge in [-0.3, -0.25) is 10.1 Å². The van der Waals surface area contributed by atoms with Crippen LogP contribution in [0.3, 0.4) is 0 Å². The lowest BCUT2D eigenvalue weighted by Gasteiger charge is -2.08. The molecule has 0 heterocycles. The van der Waals surface area contributed by atoms with Gasteiger partial charge in [-0.15, -0.1) is 0 Å². The van der Waals surface area contributed by atoms with Gasteiger partial charge in [-0.25, -0.2) is 13.6 Å². The molecule has 8 heteroatoms. The summed E-state index contributed by atoms with van der Waals surface area (Å²) in [6.07, 6.45) is 1.47. The Hall–Kier alpha value is -3.29. The first-order valence-corrected chi connectivity index (χ1v) is 7.72. The highest BCUT2D eigenvalue weighted by molar-refractivity contribution is 6.08. The van der Waals surface area contributed by atoms with Crippen LogP contribution in [0.15, 0.2) is 47.6 Å². The van der Waals surface area contributed by atoms with Gasteiger partial charge >= 0.3 is 6.03 Å². The number of amides is 3. The Morgan fingerprint density at radius 3 is 2.27 bits per heavy atom. The Kier molecular flexibility index (Phi) is 6.37. The maximum absolute atomic E-state index is 13.5. The van der Waals surface area contributed by atoms with Crippen LogP contribution in [0.2, 0.25) is 0 Å². The van der Waals surface area contributed by atoms with Crippen LogP contribution in [-0.2, 0) is 4.84 Å². The average molecular weight is 361 g/mol.